The van der Waals surface area contributed by atoms with Crippen LogP contribution in [0.3, 0.4) is 0 Å². The molecule has 1 aliphatic rings. The van der Waals surface area contributed by atoms with E-state index >= 15 is 0 Å². The van der Waals surface area contributed by atoms with E-state index in [9.17, 15) is 0 Å². The van der Waals surface area contributed by atoms with Crippen molar-refractivity contribution in [2.24, 2.45) is 5.10 Å². The number of rotatable bonds is 8. The molecule has 172 valence electrons. The molecule has 2 N–H and O–H groups in total. The first-order valence-electron chi connectivity index (χ1n) is 10.9. The molecule has 1 aromatic heterocycles. The number of hydrazone groups is 1. The Morgan fingerprint density at radius 3 is 2.64 bits per heavy atom. The van der Waals surface area contributed by atoms with Crippen LogP contribution < -0.4 is 15.5 Å². The van der Waals surface area contributed by atoms with Gasteiger partial charge in [-0.3, -0.25) is 10.3 Å². The molecule has 1 saturated heterocycles. The van der Waals surface area contributed by atoms with Crippen molar-refractivity contribution in [3.8, 4) is 22.7 Å². The maximum atomic E-state index is 5.37. The first-order chi connectivity index (χ1) is 16.2. The lowest BCUT2D eigenvalue weighted by molar-refractivity contribution is 0.0389. The molecule has 0 amide bonds. The lowest BCUT2D eigenvalue weighted by Gasteiger charge is -2.26. The van der Waals surface area contributed by atoms with Crippen molar-refractivity contribution in [2.45, 2.75) is 0 Å². The molecular formula is C24H28N6O2S. The second-order valence-corrected chi connectivity index (χ2v) is 7.93. The summed E-state index contributed by atoms with van der Waals surface area (Å²) in [6.07, 6.45) is 3.69. The van der Waals surface area contributed by atoms with E-state index in [0.29, 0.717) is 5.11 Å². The molecule has 2 aromatic carbocycles. The largest absolute Gasteiger partial charge is 0.497 e. The number of nitrogens with one attached hydrogen (secondary N) is 2. The fourth-order valence-electron chi connectivity index (χ4n) is 3.52. The molecule has 9 heteroatoms. The lowest BCUT2D eigenvalue weighted by atomic mass is 10.1. The highest BCUT2D eigenvalue weighted by Gasteiger charge is 2.12. The Kier molecular flexibility index (Phi) is 8.02. The SMILES string of the molecule is COc1ccc(-c2nn(-c3ccccc3)cc2C=NNC(=S)NCCN2CCOCC2)cc1. The van der Waals surface area contributed by atoms with E-state index in [2.05, 4.69) is 20.7 Å². The summed E-state index contributed by atoms with van der Waals surface area (Å²) in [7, 11) is 1.65. The highest BCUT2D eigenvalue weighted by molar-refractivity contribution is 7.80. The normalized spacial score (nSPS) is 14.3. The van der Waals surface area contributed by atoms with Crippen molar-refractivity contribution in [3.63, 3.8) is 0 Å². The van der Waals surface area contributed by atoms with Gasteiger partial charge < -0.3 is 14.8 Å². The van der Waals surface area contributed by atoms with Gasteiger partial charge in [-0.05, 0) is 48.6 Å². The van der Waals surface area contributed by atoms with Crippen LogP contribution in [0.25, 0.3) is 16.9 Å². The molecule has 3 aromatic rings. The van der Waals surface area contributed by atoms with Gasteiger partial charge in [0.25, 0.3) is 0 Å². The summed E-state index contributed by atoms with van der Waals surface area (Å²) < 4.78 is 12.5. The molecule has 2 heterocycles. The van der Waals surface area contributed by atoms with Gasteiger partial charge in [-0.1, -0.05) is 18.2 Å². The van der Waals surface area contributed by atoms with Crippen LogP contribution in [0.4, 0.5) is 0 Å². The zero-order chi connectivity index (χ0) is 22.9. The number of ether oxygens (including phenoxy) is 2. The minimum atomic E-state index is 0.487. The Bertz CT molecular complexity index is 1060. The average molecular weight is 465 g/mol. The number of hydrogen-bond donors (Lipinski definition) is 2. The molecule has 1 fully saturated rings. The number of thiocarbonyl (C=S) groups is 1. The Balaban J connectivity index is 1.43. The van der Waals surface area contributed by atoms with Crippen molar-refractivity contribution >= 4 is 23.5 Å². The summed E-state index contributed by atoms with van der Waals surface area (Å²) in [6.45, 7) is 5.17. The summed E-state index contributed by atoms with van der Waals surface area (Å²) in [4.78, 5) is 2.35. The standard InChI is InChI=1S/C24H28N6O2S/c1-31-22-9-7-19(8-10-22)23-20(18-30(28-23)21-5-3-2-4-6-21)17-26-27-24(33)25-11-12-29-13-15-32-16-14-29/h2-10,17-18H,11-16H2,1H3,(H2,25,27,33). The molecule has 8 nitrogen and oxygen atoms in total. The zero-order valence-electron chi connectivity index (χ0n) is 18.6. The van der Waals surface area contributed by atoms with Crippen LogP contribution in [0.15, 0.2) is 65.9 Å². The molecule has 0 radical (unpaired) electrons. The number of nitrogens with zero attached hydrogens (tertiary/aromatic N) is 4. The highest BCUT2D eigenvalue weighted by atomic mass is 32.1. The fourth-order valence-corrected chi connectivity index (χ4v) is 3.68. The maximum absolute atomic E-state index is 5.37. The molecular weight excluding hydrogens is 436 g/mol. The van der Waals surface area contributed by atoms with Crippen LogP contribution in [0.5, 0.6) is 5.75 Å². The smallest absolute Gasteiger partial charge is 0.187 e. The van der Waals surface area contributed by atoms with Gasteiger partial charge in [-0.25, -0.2) is 4.68 Å². The summed E-state index contributed by atoms with van der Waals surface area (Å²) in [5.74, 6) is 0.798. The van der Waals surface area contributed by atoms with Gasteiger partial charge in [0, 0.05) is 43.5 Å². The van der Waals surface area contributed by atoms with Crippen LogP contribution >= 0.6 is 12.2 Å². The molecule has 4 rings (SSSR count). The number of hydrogen-bond acceptors (Lipinski definition) is 6. The van der Waals surface area contributed by atoms with Crippen molar-refractivity contribution in [2.75, 3.05) is 46.5 Å². The number of benzene rings is 2. The maximum Gasteiger partial charge on any atom is 0.187 e. The molecule has 33 heavy (non-hydrogen) atoms. The molecule has 0 bridgehead atoms. The number of methoxy groups -OCH3 is 1. The van der Waals surface area contributed by atoms with Crippen molar-refractivity contribution in [1.82, 2.24) is 25.4 Å². The van der Waals surface area contributed by atoms with Gasteiger partial charge in [0.15, 0.2) is 5.11 Å². The first kappa shape index (κ1) is 22.9. The Hall–Kier alpha value is -3.27. The van der Waals surface area contributed by atoms with Gasteiger partial charge >= 0.3 is 0 Å². The van der Waals surface area contributed by atoms with E-state index in [-0.39, 0.29) is 0 Å². The van der Waals surface area contributed by atoms with Crippen LogP contribution in [0, 0.1) is 0 Å². The van der Waals surface area contributed by atoms with Crippen LogP contribution in [0.1, 0.15) is 5.56 Å². The van der Waals surface area contributed by atoms with Crippen LogP contribution in [-0.4, -0.2) is 72.5 Å². The second kappa shape index (κ2) is 11.6. The summed E-state index contributed by atoms with van der Waals surface area (Å²) >= 11 is 5.36. The van der Waals surface area contributed by atoms with Gasteiger partial charge in [-0.15, -0.1) is 0 Å². The lowest BCUT2D eigenvalue weighted by Crippen LogP contribution is -2.42. The van der Waals surface area contributed by atoms with Gasteiger partial charge in [0.1, 0.15) is 11.4 Å². The minimum absolute atomic E-state index is 0.487. The predicted molar refractivity (Wildman–Crippen MR) is 134 cm³/mol. The third-order valence-electron chi connectivity index (χ3n) is 5.31. The van der Waals surface area contributed by atoms with E-state index in [1.165, 1.54) is 0 Å². The third kappa shape index (κ3) is 6.38. The molecule has 0 saturated carbocycles. The van der Waals surface area contributed by atoms with Crippen molar-refractivity contribution in [3.05, 3.63) is 66.4 Å². The molecule has 1 aliphatic heterocycles. The van der Waals surface area contributed by atoms with Crippen molar-refractivity contribution in [1.29, 1.82) is 0 Å². The molecule has 0 spiro atoms. The highest BCUT2D eigenvalue weighted by Crippen LogP contribution is 2.25. The van der Waals surface area contributed by atoms with E-state index in [0.717, 1.165) is 67.7 Å². The molecule has 0 aliphatic carbocycles. The summed E-state index contributed by atoms with van der Waals surface area (Å²) in [6, 6.07) is 17.8. The Morgan fingerprint density at radius 2 is 1.91 bits per heavy atom. The van der Waals surface area contributed by atoms with E-state index < -0.39 is 0 Å². The number of para-hydroxylation sites is 1. The molecule has 0 unspecified atom stereocenters. The number of aromatic nitrogens is 2. The Morgan fingerprint density at radius 1 is 1.15 bits per heavy atom. The van der Waals surface area contributed by atoms with E-state index in [1.54, 1.807) is 13.3 Å². The van der Waals surface area contributed by atoms with Gasteiger partial charge in [-0.2, -0.15) is 10.2 Å². The van der Waals surface area contributed by atoms with E-state index in [4.69, 9.17) is 26.8 Å². The third-order valence-corrected chi connectivity index (χ3v) is 5.55. The number of morpholine rings is 1. The first-order valence-corrected chi connectivity index (χ1v) is 11.3. The predicted octanol–water partition coefficient (Wildman–Crippen LogP) is 2.68. The quantitative estimate of drug-likeness (QED) is 0.302. The topological polar surface area (TPSA) is 75.9 Å². The van der Waals surface area contributed by atoms with Crippen molar-refractivity contribution < 1.29 is 9.47 Å². The monoisotopic (exact) mass is 464 g/mol. The molecule has 0 atom stereocenters. The van der Waals surface area contributed by atoms with E-state index in [1.807, 2.05) is 65.5 Å². The van der Waals surface area contributed by atoms with Crippen LogP contribution in [-0.2, 0) is 4.74 Å². The van der Waals surface area contributed by atoms with Gasteiger partial charge in [0.2, 0.25) is 0 Å². The second-order valence-electron chi connectivity index (χ2n) is 7.52. The summed E-state index contributed by atoms with van der Waals surface area (Å²) in [5.41, 5.74) is 6.53. The fraction of sp³-hybridized carbons (Fsp3) is 0.292. The Labute approximate surface area is 199 Å². The summed E-state index contributed by atoms with van der Waals surface area (Å²) in [5, 5.41) is 12.8. The van der Waals surface area contributed by atoms with Crippen LogP contribution in [0.2, 0.25) is 0 Å². The minimum Gasteiger partial charge on any atom is -0.497 e. The zero-order valence-corrected chi connectivity index (χ0v) is 19.4. The average Bonchev–Trinajstić information content (AvgIpc) is 3.29. The van der Waals surface area contributed by atoms with Gasteiger partial charge in [0.05, 0.1) is 32.2 Å².